The van der Waals surface area contributed by atoms with Crippen LogP contribution in [-0.2, 0) is 9.84 Å². The third-order valence-electron chi connectivity index (χ3n) is 0.772. The van der Waals surface area contributed by atoms with Crippen LogP contribution in [0.25, 0.3) is 0 Å². The Kier molecular flexibility index (Phi) is 3.14. The fraction of sp³-hybridized carbons (Fsp3) is 0.750. The maximum atomic E-state index is 10.4. The molecule has 0 aliphatic rings. The van der Waals surface area contributed by atoms with Crippen molar-refractivity contribution in [2.75, 3.05) is 18.6 Å². The molecule has 0 aromatic rings. The Balaban J connectivity index is 3.49. The SMILES string of the molecule is CS(=O)(=O)CCNC(N)=O. The molecule has 0 atom stereocenters. The molecule has 3 N–H and O–H groups in total. The van der Waals surface area contributed by atoms with Gasteiger partial charge in [0.15, 0.2) is 0 Å². The second-order valence-electron chi connectivity index (χ2n) is 1.92. The van der Waals surface area contributed by atoms with Crippen molar-refractivity contribution in [3.63, 3.8) is 0 Å². The molecule has 0 aliphatic heterocycles. The number of primary amides is 1. The van der Waals surface area contributed by atoms with Gasteiger partial charge in [-0.15, -0.1) is 0 Å². The van der Waals surface area contributed by atoms with Gasteiger partial charge in [-0.25, -0.2) is 13.2 Å². The molecular formula is C4H10N2O3S. The Labute approximate surface area is 59.5 Å². The zero-order chi connectivity index (χ0) is 8.20. The molecule has 0 saturated carbocycles. The predicted octanol–water partition coefficient (Wildman–Crippen LogP) is -1.30. The zero-order valence-electron chi connectivity index (χ0n) is 5.62. The number of rotatable bonds is 3. The number of nitrogens with one attached hydrogen (secondary N) is 1. The van der Waals surface area contributed by atoms with E-state index in [1.54, 1.807) is 0 Å². The van der Waals surface area contributed by atoms with E-state index in [1.807, 2.05) is 0 Å². The van der Waals surface area contributed by atoms with Crippen molar-refractivity contribution in [2.24, 2.45) is 5.73 Å². The van der Waals surface area contributed by atoms with Crippen molar-refractivity contribution < 1.29 is 13.2 Å². The molecule has 0 radical (unpaired) electrons. The van der Waals surface area contributed by atoms with Gasteiger partial charge in [0, 0.05) is 12.8 Å². The molecule has 0 aromatic carbocycles. The molecule has 60 valence electrons. The molecule has 0 fully saturated rings. The lowest BCUT2D eigenvalue weighted by Crippen LogP contribution is -2.33. The highest BCUT2D eigenvalue weighted by atomic mass is 32.2. The quantitative estimate of drug-likeness (QED) is 0.546. The molecule has 0 heterocycles. The Bertz CT molecular complexity index is 209. The highest BCUT2D eigenvalue weighted by Crippen LogP contribution is 1.78. The number of urea groups is 1. The summed E-state index contributed by atoms with van der Waals surface area (Å²) in [5.41, 5.74) is 4.68. The van der Waals surface area contributed by atoms with Crippen LogP contribution in [0.3, 0.4) is 0 Å². The predicted molar refractivity (Wildman–Crippen MR) is 37.3 cm³/mol. The molecule has 0 saturated heterocycles. The smallest absolute Gasteiger partial charge is 0.312 e. The maximum Gasteiger partial charge on any atom is 0.312 e. The van der Waals surface area contributed by atoms with Gasteiger partial charge in [0.25, 0.3) is 0 Å². The molecule has 2 amide bonds. The van der Waals surface area contributed by atoms with Gasteiger partial charge in [0.1, 0.15) is 9.84 Å². The summed E-state index contributed by atoms with van der Waals surface area (Å²) in [5.74, 6) is -0.0735. The number of hydrogen-bond acceptors (Lipinski definition) is 3. The molecule has 0 bridgehead atoms. The lowest BCUT2D eigenvalue weighted by Gasteiger charge is -1.97. The molecule has 0 aromatic heterocycles. The minimum Gasteiger partial charge on any atom is -0.352 e. The Morgan fingerprint density at radius 2 is 2.10 bits per heavy atom. The van der Waals surface area contributed by atoms with Gasteiger partial charge in [-0.2, -0.15) is 0 Å². The minimum atomic E-state index is -2.99. The summed E-state index contributed by atoms with van der Waals surface area (Å²) in [4.78, 5) is 10.0. The van der Waals surface area contributed by atoms with Crippen molar-refractivity contribution in [1.82, 2.24) is 5.32 Å². The number of carbonyl (C=O) groups is 1. The first-order valence-electron chi connectivity index (χ1n) is 2.63. The Hall–Kier alpha value is -0.780. The van der Waals surface area contributed by atoms with Gasteiger partial charge >= 0.3 is 6.03 Å². The summed E-state index contributed by atoms with van der Waals surface area (Å²) in [6, 6.07) is -0.705. The highest BCUT2D eigenvalue weighted by molar-refractivity contribution is 7.90. The normalized spacial score (nSPS) is 10.9. The van der Waals surface area contributed by atoms with Crippen LogP contribution >= 0.6 is 0 Å². The van der Waals surface area contributed by atoms with Gasteiger partial charge in [0.05, 0.1) is 5.75 Å². The molecular weight excluding hydrogens is 156 g/mol. The average Bonchev–Trinajstić information content (AvgIpc) is 1.59. The van der Waals surface area contributed by atoms with Crippen LogP contribution < -0.4 is 11.1 Å². The van der Waals surface area contributed by atoms with Gasteiger partial charge in [-0.1, -0.05) is 0 Å². The van der Waals surface area contributed by atoms with Gasteiger partial charge in [-0.05, 0) is 0 Å². The van der Waals surface area contributed by atoms with E-state index < -0.39 is 15.9 Å². The summed E-state index contributed by atoms with van der Waals surface area (Å²) in [6.07, 6.45) is 1.09. The second-order valence-corrected chi connectivity index (χ2v) is 4.18. The van der Waals surface area contributed by atoms with Crippen LogP contribution in [0.5, 0.6) is 0 Å². The fourth-order valence-corrected chi connectivity index (χ4v) is 0.832. The number of sulfone groups is 1. The third-order valence-corrected chi connectivity index (χ3v) is 1.72. The van der Waals surface area contributed by atoms with Crippen molar-refractivity contribution in [3.8, 4) is 0 Å². The molecule has 0 unspecified atom stereocenters. The Morgan fingerprint density at radius 3 is 2.40 bits per heavy atom. The first kappa shape index (κ1) is 9.22. The standard InChI is InChI=1S/C4H10N2O3S/c1-10(8,9)3-2-6-4(5)7/h2-3H2,1H3,(H3,5,6,7). The molecule has 5 nitrogen and oxygen atoms in total. The largest absolute Gasteiger partial charge is 0.352 e. The van der Waals surface area contributed by atoms with E-state index in [0.717, 1.165) is 6.26 Å². The molecule has 6 heteroatoms. The number of nitrogens with two attached hydrogens (primary N) is 1. The summed E-state index contributed by atoms with van der Waals surface area (Å²) < 4.78 is 20.8. The van der Waals surface area contributed by atoms with Gasteiger partial charge in [0.2, 0.25) is 0 Å². The summed E-state index contributed by atoms with van der Waals surface area (Å²) in [5, 5.41) is 2.16. The van der Waals surface area contributed by atoms with E-state index in [2.05, 4.69) is 11.1 Å². The van der Waals surface area contributed by atoms with Crippen molar-refractivity contribution in [1.29, 1.82) is 0 Å². The average molecular weight is 166 g/mol. The van der Waals surface area contributed by atoms with E-state index in [0.29, 0.717) is 0 Å². The topological polar surface area (TPSA) is 89.3 Å². The van der Waals surface area contributed by atoms with Crippen LogP contribution in [0, 0.1) is 0 Å². The molecule has 0 aliphatic carbocycles. The summed E-state index contributed by atoms with van der Waals surface area (Å²) in [6.45, 7) is 0.0775. The first-order chi connectivity index (χ1) is 4.42. The zero-order valence-corrected chi connectivity index (χ0v) is 6.44. The van der Waals surface area contributed by atoms with Crippen LogP contribution in [0.15, 0.2) is 0 Å². The highest BCUT2D eigenvalue weighted by Gasteiger charge is 2.00. The van der Waals surface area contributed by atoms with E-state index >= 15 is 0 Å². The van der Waals surface area contributed by atoms with Gasteiger partial charge in [-0.3, -0.25) is 0 Å². The maximum absolute atomic E-state index is 10.4. The van der Waals surface area contributed by atoms with E-state index in [1.165, 1.54) is 0 Å². The van der Waals surface area contributed by atoms with Crippen LogP contribution in [-0.4, -0.2) is 33.0 Å². The Morgan fingerprint density at radius 1 is 1.60 bits per heavy atom. The van der Waals surface area contributed by atoms with Crippen LogP contribution in [0.1, 0.15) is 0 Å². The number of hydrogen-bond donors (Lipinski definition) is 2. The lowest BCUT2D eigenvalue weighted by atomic mass is 10.7. The third kappa shape index (κ3) is 7.22. The van der Waals surface area contributed by atoms with E-state index in [9.17, 15) is 13.2 Å². The number of carbonyl (C=O) groups excluding carboxylic acids is 1. The fourth-order valence-electron chi connectivity index (χ4n) is 0.360. The van der Waals surface area contributed by atoms with E-state index in [-0.39, 0.29) is 12.3 Å². The van der Waals surface area contributed by atoms with Crippen molar-refractivity contribution in [3.05, 3.63) is 0 Å². The first-order valence-corrected chi connectivity index (χ1v) is 4.69. The van der Waals surface area contributed by atoms with Crippen LogP contribution in [0.4, 0.5) is 4.79 Å². The monoisotopic (exact) mass is 166 g/mol. The lowest BCUT2D eigenvalue weighted by molar-refractivity contribution is 0.249. The van der Waals surface area contributed by atoms with Crippen LogP contribution in [0.2, 0.25) is 0 Å². The summed E-state index contributed by atoms with van der Waals surface area (Å²) >= 11 is 0. The number of amides is 2. The summed E-state index contributed by atoms with van der Waals surface area (Å²) in [7, 11) is -2.99. The van der Waals surface area contributed by atoms with Crippen molar-refractivity contribution >= 4 is 15.9 Å². The minimum absolute atomic E-state index is 0.0735. The molecule has 0 spiro atoms. The molecule has 0 rings (SSSR count). The second kappa shape index (κ2) is 3.40. The molecule has 10 heavy (non-hydrogen) atoms. The van der Waals surface area contributed by atoms with Crippen molar-refractivity contribution in [2.45, 2.75) is 0 Å². The van der Waals surface area contributed by atoms with Gasteiger partial charge < -0.3 is 11.1 Å². The van der Waals surface area contributed by atoms with E-state index in [4.69, 9.17) is 0 Å².